The van der Waals surface area contributed by atoms with Gasteiger partial charge in [-0.25, -0.2) is 0 Å². The second-order valence-corrected chi connectivity index (χ2v) is 8.02. The lowest BCUT2D eigenvalue weighted by molar-refractivity contribution is -0.218. The first kappa shape index (κ1) is 16.8. The third kappa shape index (κ3) is 4.97. The highest BCUT2D eigenvalue weighted by atomic mass is 17.2. The summed E-state index contributed by atoms with van der Waals surface area (Å²) in [4.78, 5) is 11.0. The van der Waals surface area contributed by atoms with Gasteiger partial charge in [-0.05, 0) is 67.1 Å². The van der Waals surface area contributed by atoms with Crippen molar-refractivity contribution >= 4 is 0 Å². The van der Waals surface area contributed by atoms with Crippen LogP contribution in [-0.2, 0) is 4.89 Å². The molecular weight excluding hydrogens is 284 g/mol. The van der Waals surface area contributed by atoms with Crippen LogP contribution in [0.2, 0.25) is 0 Å². The molecule has 0 bridgehead atoms. The molecule has 0 heterocycles. The molecule has 0 radical (unpaired) electrons. The van der Waals surface area contributed by atoms with Crippen LogP contribution in [0.5, 0.6) is 5.75 Å². The van der Waals surface area contributed by atoms with Crippen molar-refractivity contribution in [1.82, 2.24) is 0 Å². The van der Waals surface area contributed by atoms with Crippen LogP contribution >= 0.6 is 0 Å². The van der Waals surface area contributed by atoms with Gasteiger partial charge < -0.3 is 4.89 Å². The van der Waals surface area contributed by atoms with Crippen LogP contribution in [0.25, 0.3) is 0 Å². The Morgan fingerprint density at radius 1 is 0.783 bits per heavy atom. The van der Waals surface area contributed by atoms with Crippen molar-refractivity contribution in [3.8, 4) is 5.75 Å². The minimum Gasteiger partial charge on any atom is -0.338 e. The maximum atomic E-state index is 5.49. The summed E-state index contributed by atoms with van der Waals surface area (Å²) in [5.74, 6) is 4.05. The Labute approximate surface area is 141 Å². The van der Waals surface area contributed by atoms with Crippen LogP contribution in [0.1, 0.15) is 76.7 Å². The molecule has 2 aliphatic carbocycles. The minimum atomic E-state index is 0.676. The van der Waals surface area contributed by atoms with Crippen LogP contribution in [0.3, 0.4) is 0 Å². The summed E-state index contributed by atoms with van der Waals surface area (Å²) in [5.41, 5.74) is 1.46. The summed E-state index contributed by atoms with van der Waals surface area (Å²) in [7, 11) is 0. The van der Waals surface area contributed by atoms with E-state index in [1.165, 1.54) is 56.9 Å². The van der Waals surface area contributed by atoms with Crippen LogP contribution in [0, 0.1) is 17.8 Å². The van der Waals surface area contributed by atoms with Crippen molar-refractivity contribution in [3.05, 3.63) is 29.8 Å². The summed E-state index contributed by atoms with van der Waals surface area (Å²) >= 11 is 0. The highest BCUT2D eigenvalue weighted by Gasteiger charge is 2.20. The zero-order valence-electron chi connectivity index (χ0n) is 14.8. The Bertz CT molecular complexity index is 451. The molecule has 2 fully saturated rings. The Morgan fingerprint density at radius 2 is 1.35 bits per heavy atom. The van der Waals surface area contributed by atoms with E-state index in [1.807, 2.05) is 0 Å². The lowest BCUT2D eigenvalue weighted by Gasteiger charge is -2.26. The molecule has 0 saturated heterocycles. The average Bonchev–Trinajstić information content (AvgIpc) is 2.58. The maximum absolute atomic E-state index is 5.49. The Kier molecular flexibility index (Phi) is 5.99. The van der Waals surface area contributed by atoms with E-state index in [0.717, 1.165) is 30.1 Å². The fourth-order valence-electron chi connectivity index (χ4n) is 4.08. The smallest absolute Gasteiger partial charge is 0.165 e. The van der Waals surface area contributed by atoms with Gasteiger partial charge in [-0.2, -0.15) is 4.89 Å². The van der Waals surface area contributed by atoms with Crippen molar-refractivity contribution in [2.24, 2.45) is 17.8 Å². The number of benzene rings is 1. The molecule has 1 aromatic carbocycles. The SMILES string of the molecule is CC1CCC(COOc2ccc(C3CCC(C)CC3)cc2)CC1. The van der Waals surface area contributed by atoms with Crippen molar-refractivity contribution < 1.29 is 9.78 Å². The maximum Gasteiger partial charge on any atom is 0.165 e. The van der Waals surface area contributed by atoms with Gasteiger partial charge in [-0.15, -0.1) is 0 Å². The quantitative estimate of drug-likeness (QED) is 0.481. The zero-order chi connectivity index (χ0) is 16.1. The van der Waals surface area contributed by atoms with Gasteiger partial charge in [-0.1, -0.05) is 51.7 Å². The third-order valence-electron chi connectivity index (χ3n) is 5.96. The molecular formula is C21H32O2. The Balaban J connectivity index is 1.41. The molecule has 128 valence electrons. The first-order valence-electron chi connectivity index (χ1n) is 9.60. The topological polar surface area (TPSA) is 18.5 Å². The zero-order valence-corrected chi connectivity index (χ0v) is 14.8. The number of rotatable bonds is 5. The van der Waals surface area contributed by atoms with E-state index in [1.54, 1.807) is 0 Å². The second-order valence-electron chi connectivity index (χ2n) is 8.02. The minimum absolute atomic E-state index is 0.676. The molecule has 0 amide bonds. The van der Waals surface area contributed by atoms with Gasteiger partial charge in [0.05, 0.1) is 6.61 Å². The first-order valence-corrected chi connectivity index (χ1v) is 9.60. The predicted octanol–water partition coefficient (Wildman–Crippen LogP) is 6.12. The second kappa shape index (κ2) is 8.19. The highest BCUT2D eigenvalue weighted by Crippen LogP contribution is 2.36. The average molecular weight is 316 g/mol. The normalized spacial score (nSPS) is 31.7. The predicted molar refractivity (Wildman–Crippen MR) is 94.5 cm³/mol. The lowest BCUT2D eigenvalue weighted by atomic mass is 9.79. The molecule has 2 saturated carbocycles. The molecule has 2 nitrogen and oxygen atoms in total. The Morgan fingerprint density at radius 3 is 1.96 bits per heavy atom. The van der Waals surface area contributed by atoms with Gasteiger partial charge in [0.15, 0.2) is 5.75 Å². The lowest BCUT2D eigenvalue weighted by Crippen LogP contribution is -2.18. The van der Waals surface area contributed by atoms with Crippen LogP contribution in [-0.4, -0.2) is 6.61 Å². The van der Waals surface area contributed by atoms with Gasteiger partial charge in [0.2, 0.25) is 0 Å². The van der Waals surface area contributed by atoms with E-state index >= 15 is 0 Å². The fourth-order valence-corrected chi connectivity index (χ4v) is 4.08. The summed E-state index contributed by atoms with van der Waals surface area (Å²) in [6.45, 7) is 5.45. The molecule has 3 rings (SSSR count). The van der Waals surface area contributed by atoms with Crippen molar-refractivity contribution in [3.63, 3.8) is 0 Å². The molecule has 0 N–H and O–H groups in total. The standard InChI is InChI=1S/C21H32O2/c1-16-3-7-18(8-4-16)15-22-23-21-13-11-20(12-14-21)19-9-5-17(2)6-10-19/h11-14,16-19H,3-10,15H2,1-2H3. The van der Waals surface area contributed by atoms with E-state index in [4.69, 9.17) is 9.78 Å². The van der Waals surface area contributed by atoms with E-state index in [2.05, 4.69) is 38.1 Å². The number of hydrogen-bond donors (Lipinski definition) is 0. The van der Waals surface area contributed by atoms with E-state index in [-0.39, 0.29) is 0 Å². The van der Waals surface area contributed by atoms with Crippen LogP contribution in [0.15, 0.2) is 24.3 Å². The van der Waals surface area contributed by atoms with Gasteiger partial charge in [0, 0.05) is 0 Å². The van der Waals surface area contributed by atoms with Gasteiger partial charge in [0.1, 0.15) is 0 Å². The van der Waals surface area contributed by atoms with E-state index in [0.29, 0.717) is 5.92 Å². The summed E-state index contributed by atoms with van der Waals surface area (Å²) < 4.78 is 0. The van der Waals surface area contributed by atoms with Gasteiger partial charge in [-0.3, -0.25) is 0 Å². The number of hydrogen-bond acceptors (Lipinski definition) is 2. The highest BCUT2D eigenvalue weighted by molar-refractivity contribution is 5.29. The largest absolute Gasteiger partial charge is 0.338 e. The molecule has 0 atom stereocenters. The van der Waals surface area contributed by atoms with Crippen molar-refractivity contribution in [2.45, 2.75) is 71.1 Å². The molecule has 2 aliphatic rings. The Hall–Kier alpha value is -1.02. The molecule has 1 aromatic rings. The molecule has 0 aliphatic heterocycles. The third-order valence-corrected chi connectivity index (χ3v) is 5.96. The molecule has 0 spiro atoms. The molecule has 2 heteroatoms. The fraction of sp³-hybridized carbons (Fsp3) is 0.714. The molecule has 0 unspecified atom stereocenters. The molecule has 23 heavy (non-hydrogen) atoms. The van der Waals surface area contributed by atoms with Crippen molar-refractivity contribution in [1.29, 1.82) is 0 Å². The summed E-state index contributed by atoms with van der Waals surface area (Å²) in [6, 6.07) is 8.58. The monoisotopic (exact) mass is 316 g/mol. The summed E-state index contributed by atoms with van der Waals surface area (Å²) in [5, 5.41) is 0. The van der Waals surface area contributed by atoms with E-state index < -0.39 is 0 Å². The van der Waals surface area contributed by atoms with Crippen LogP contribution in [0.4, 0.5) is 0 Å². The van der Waals surface area contributed by atoms with Gasteiger partial charge in [0.25, 0.3) is 0 Å². The van der Waals surface area contributed by atoms with Crippen molar-refractivity contribution in [2.75, 3.05) is 6.61 Å². The first-order chi connectivity index (χ1) is 11.2. The van der Waals surface area contributed by atoms with Gasteiger partial charge >= 0.3 is 0 Å². The van der Waals surface area contributed by atoms with E-state index in [9.17, 15) is 0 Å². The summed E-state index contributed by atoms with van der Waals surface area (Å²) in [6.07, 6.45) is 10.6. The van der Waals surface area contributed by atoms with Crippen LogP contribution < -0.4 is 4.89 Å². The molecule has 0 aromatic heterocycles.